The van der Waals surface area contributed by atoms with Gasteiger partial charge in [-0.05, 0) is 30.6 Å². The third kappa shape index (κ3) is 1.53. The normalized spacial score (nSPS) is 40.5. The molecular weight excluding hydrogens is 120 g/mol. The summed E-state index contributed by atoms with van der Waals surface area (Å²) in [6.07, 6.45) is 7.22. The summed E-state index contributed by atoms with van der Waals surface area (Å²) < 4.78 is 0. The molecule has 0 nitrogen and oxygen atoms in total. The van der Waals surface area contributed by atoms with Crippen molar-refractivity contribution in [3.8, 4) is 0 Å². The molecule has 10 heavy (non-hydrogen) atoms. The molecule has 0 aromatic heterocycles. The minimum absolute atomic E-state index is 0.709. The van der Waals surface area contributed by atoms with E-state index >= 15 is 0 Å². The summed E-state index contributed by atoms with van der Waals surface area (Å²) in [6.45, 7) is 7.10. The standard InChI is InChI=1S/C10H20/c1-4-9-6-7-10(3,5-2)8-9/h9H,4-8H2,1-3H3. The lowest BCUT2D eigenvalue weighted by atomic mass is 9.85. The van der Waals surface area contributed by atoms with Crippen LogP contribution in [0.25, 0.3) is 0 Å². The number of hydrogen-bond acceptors (Lipinski definition) is 0. The maximum Gasteiger partial charge on any atom is -0.0326 e. The molecule has 1 saturated carbocycles. The van der Waals surface area contributed by atoms with Gasteiger partial charge in [0.25, 0.3) is 0 Å². The smallest absolute Gasteiger partial charge is 0.0326 e. The van der Waals surface area contributed by atoms with Crippen molar-refractivity contribution in [1.82, 2.24) is 0 Å². The fourth-order valence-electron chi connectivity index (χ4n) is 2.12. The van der Waals surface area contributed by atoms with Crippen LogP contribution in [-0.4, -0.2) is 0 Å². The van der Waals surface area contributed by atoms with Gasteiger partial charge in [0.2, 0.25) is 0 Å². The van der Waals surface area contributed by atoms with Crippen molar-refractivity contribution in [2.24, 2.45) is 11.3 Å². The first-order chi connectivity index (χ1) is 4.70. The number of rotatable bonds is 2. The molecule has 2 atom stereocenters. The second-order valence-electron chi connectivity index (χ2n) is 4.18. The highest BCUT2D eigenvalue weighted by atomic mass is 14.4. The molecule has 1 aliphatic rings. The molecule has 0 heterocycles. The second kappa shape index (κ2) is 2.94. The van der Waals surface area contributed by atoms with E-state index in [2.05, 4.69) is 20.8 Å². The fraction of sp³-hybridized carbons (Fsp3) is 1.00. The van der Waals surface area contributed by atoms with Gasteiger partial charge in [0.1, 0.15) is 0 Å². The first-order valence-corrected chi connectivity index (χ1v) is 4.70. The molecular formula is C10H20. The van der Waals surface area contributed by atoms with Gasteiger partial charge in [-0.3, -0.25) is 0 Å². The molecule has 0 aliphatic heterocycles. The van der Waals surface area contributed by atoms with Gasteiger partial charge in [0.15, 0.2) is 0 Å². The van der Waals surface area contributed by atoms with E-state index in [0.29, 0.717) is 5.41 Å². The first kappa shape index (κ1) is 8.10. The van der Waals surface area contributed by atoms with Crippen molar-refractivity contribution in [3.63, 3.8) is 0 Å². The second-order valence-corrected chi connectivity index (χ2v) is 4.18. The van der Waals surface area contributed by atoms with Gasteiger partial charge >= 0.3 is 0 Å². The van der Waals surface area contributed by atoms with E-state index in [-0.39, 0.29) is 0 Å². The van der Waals surface area contributed by atoms with E-state index < -0.39 is 0 Å². The quantitative estimate of drug-likeness (QED) is 0.549. The summed E-state index contributed by atoms with van der Waals surface area (Å²) in [6, 6.07) is 0. The van der Waals surface area contributed by atoms with Crippen molar-refractivity contribution in [2.75, 3.05) is 0 Å². The molecule has 0 spiro atoms. The summed E-state index contributed by atoms with van der Waals surface area (Å²) >= 11 is 0. The van der Waals surface area contributed by atoms with E-state index in [1.165, 1.54) is 32.1 Å². The highest BCUT2D eigenvalue weighted by molar-refractivity contribution is 4.83. The van der Waals surface area contributed by atoms with Crippen LogP contribution in [-0.2, 0) is 0 Å². The molecule has 60 valence electrons. The molecule has 0 radical (unpaired) electrons. The Bertz CT molecular complexity index is 107. The summed E-state index contributed by atoms with van der Waals surface area (Å²) in [4.78, 5) is 0. The maximum absolute atomic E-state index is 2.45. The summed E-state index contributed by atoms with van der Waals surface area (Å²) in [5.41, 5.74) is 0.709. The van der Waals surface area contributed by atoms with Gasteiger partial charge in [-0.2, -0.15) is 0 Å². The van der Waals surface area contributed by atoms with Crippen molar-refractivity contribution < 1.29 is 0 Å². The first-order valence-electron chi connectivity index (χ1n) is 4.70. The Labute approximate surface area is 65.0 Å². The van der Waals surface area contributed by atoms with Crippen molar-refractivity contribution >= 4 is 0 Å². The van der Waals surface area contributed by atoms with E-state index in [1.54, 1.807) is 0 Å². The SMILES string of the molecule is CCC1CCC(C)(CC)C1. The van der Waals surface area contributed by atoms with Gasteiger partial charge in [-0.1, -0.05) is 33.6 Å². The molecule has 1 fully saturated rings. The minimum atomic E-state index is 0.709. The molecule has 0 amide bonds. The van der Waals surface area contributed by atoms with Crippen LogP contribution in [0.3, 0.4) is 0 Å². The number of hydrogen-bond donors (Lipinski definition) is 0. The Morgan fingerprint density at radius 2 is 2.10 bits per heavy atom. The van der Waals surface area contributed by atoms with Crippen LogP contribution >= 0.6 is 0 Å². The van der Waals surface area contributed by atoms with E-state index in [4.69, 9.17) is 0 Å². The molecule has 0 N–H and O–H groups in total. The average Bonchev–Trinajstić information content (AvgIpc) is 2.33. The highest BCUT2D eigenvalue weighted by Crippen LogP contribution is 2.44. The summed E-state index contributed by atoms with van der Waals surface area (Å²) in [5, 5.41) is 0. The van der Waals surface area contributed by atoms with Crippen LogP contribution in [0.2, 0.25) is 0 Å². The zero-order valence-corrected chi connectivity index (χ0v) is 7.61. The average molecular weight is 140 g/mol. The highest BCUT2D eigenvalue weighted by Gasteiger charge is 2.31. The molecule has 0 heteroatoms. The largest absolute Gasteiger partial charge is 0.0651 e. The lowest BCUT2D eigenvalue weighted by Crippen LogP contribution is -2.09. The zero-order chi connectivity index (χ0) is 7.61. The van der Waals surface area contributed by atoms with Crippen LogP contribution in [0.15, 0.2) is 0 Å². The Morgan fingerprint density at radius 1 is 1.40 bits per heavy atom. The van der Waals surface area contributed by atoms with Crippen LogP contribution in [0, 0.1) is 11.3 Å². The lowest BCUT2D eigenvalue weighted by Gasteiger charge is -2.21. The summed E-state index contributed by atoms with van der Waals surface area (Å²) in [5.74, 6) is 1.05. The van der Waals surface area contributed by atoms with Crippen LogP contribution < -0.4 is 0 Å². The monoisotopic (exact) mass is 140 g/mol. The minimum Gasteiger partial charge on any atom is -0.0651 e. The third-order valence-corrected chi connectivity index (χ3v) is 3.37. The van der Waals surface area contributed by atoms with E-state index in [0.717, 1.165) is 5.92 Å². The van der Waals surface area contributed by atoms with Crippen LogP contribution in [0.1, 0.15) is 52.9 Å². The molecule has 1 rings (SSSR count). The molecule has 0 aromatic carbocycles. The summed E-state index contributed by atoms with van der Waals surface area (Å²) in [7, 11) is 0. The predicted octanol–water partition coefficient (Wildman–Crippen LogP) is 3.61. The molecule has 0 aromatic rings. The van der Waals surface area contributed by atoms with E-state index in [9.17, 15) is 0 Å². The molecule has 1 aliphatic carbocycles. The Balaban J connectivity index is 2.41. The van der Waals surface area contributed by atoms with Crippen LogP contribution in [0.4, 0.5) is 0 Å². The Morgan fingerprint density at radius 3 is 2.40 bits per heavy atom. The predicted molar refractivity (Wildman–Crippen MR) is 46.0 cm³/mol. The maximum atomic E-state index is 2.45. The van der Waals surface area contributed by atoms with Crippen molar-refractivity contribution in [1.29, 1.82) is 0 Å². The zero-order valence-electron chi connectivity index (χ0n) is 7.61. The Hall–Kier alpha value is 0. The van der Waals surface area contributed by atoms with Gasteiger partial charge in [0, 0.05) is 0 Å². The van der Waals surface area contributed by atoms with Crippen LogP contribution in [0.5, 0.6) is 0 Å². The molecule has 0 bridgehead atoms. The molecule has 0 saturated heterocycles. The fourth-order valence-corrected chi connectivity index (χ4v) is 2.12. The lowest BCUT2D eigenvalue weighted by molar-refractivity contribution is 0.306. The Kier molecular flexibility index (Phi) is 2.38. The third-order valence-electron chi connectivity index (χ3n) is 3.37. The van der Waals surface area contributed by atoms with E-state index in [1.807, 2.05) is 0 Å². The molecule has 2 unspecified atom stereocenters. The topological polar surface area (TPSA) is 0 Å². The van der Waals surface area contributed by atoms with Crippen molar-refractivity contribution in [2.45, 2.75) is 52.9 Å². The van der Waals surface area contributed by atoms with Crippen molar-refractivity contribution in [3.05, 3.63) is 0 Å². The van der Waals surface area contributed by atoms with Gasteiger partial charge in [-0.15, -0.1) is 0 Å². The van der Waals surface area contributed by atoms with Gasteiger partial charge in [-0.25, -0.2) is 0 Å². The van der Waals surface area contributed by atoms with Gasteiger partial charge in [0.05, 0.1) is 0 Å². The van der Waals surface area contributed by atoms with Gasteiger partial charge < -0.3 is 0 Å².